The van der Waals surface area contributed by atoms with E-state index in [1.54, 1.807) is 18.2 Å². The van der Waals surface area contributed by atoms with Crippen LogP contribution in [0.1, 0.15) is 19.4 Å². The number of para-hydroxylation sites is 1. The summed E-state index contributed by atoms with van der Waals surface area (Å²) in [6.45, 7) is 2.23. The van der Waals surface area contributed by atoms with E-state index in [2.05, 4.69) is 40.8 Å². The number of benzene rings is 1. The van der Waals surface area contributed by atoms with Crippen molar-refractivity contribution in [3.63, 3.8) is 0 Å². The molecule has 0 amide bonds. The number of hydrazone groups is 1. The lowest BCUT2D eigenvalue weighted by Gasteiger charge is -2.08. The van der Waals surface area contributed by atoms with E-state index < -0.39 is 6.61 Å². The molecule has 0 saturated carbocycles. The molecule has 0 saturated heterocycles. The van der Waals surface area contributed by atoms with Crippen LogP contribution in [0.25, 0.3) is 0 Å². The van der Waals surface area contributed by atoms with Crippen LogP contribution in [-0.4, -0.2) is 40.9 Å². The maximum Gasteiger partial charge on any atom is 0.387 e. The summed E-state index contributed by atoms with van der Waals surface area (Å²) >= 11 is 0. The molecule has 0 radical (unpaired) electrons. The maximum absolute atomic E-state index is 12.4. The molecule has 0 aliphatic heterocycles. The highest BCUT2D eigenvalue weighted by Gasteiger charge is 2.08. The number of rotatable bonds is 9. The molecule has 0 bridgehead atoms. The molecule has 10 heteroatoms. The Morgan fingerprint density at radius 1 is 1.04 bits per heavy atom. The van der Waals surface area contributed by atoms with Gasteiger partial charge in [-0.15, -0.1) is 0 Å². The Morgan fingerprint density at radius 3 is 2.24 bits per heavy atom. The van der Waals surface area contributed by atoms with Crippen molar-refractivity contribution in [1.29, 1.82) is 0 Å². The lowest BCUT2D eigenvalue weighted by molar-refractivity contribution is -0.0499. The van der Waals surface area contributed by atoms with Crippen LogP contribution in [0.5, 0.6) is 5.75 Å². The number of nitrogens with zero attached hydrogens (tertiary/aromatic N) is 4. The molecular weight excluding hydrogens is 332 g/mol. The second-order valence-corrected chi connectivity index (χ2v) is 4.65. The highest BCUT2D eigenvalue weighted by atomic mass is 19.3. The molecule has 8 nitrogen and oxygen atoms in total. The molecule has 0 atom stereocenters. The van der Waals surface area contributed by atoms with Crippen LogP contribution < -0.4 is 20.8 Å². The average Bonchev–Trinajstić information content (AvgIpc) is 2.56. The Morgan fingerprint density at radius 2 is 1.64 bits per heavy atom. The molecule has 134 valence electrons. The smallest absolute Gasteiger partial charge is 0.387 e. The van der Waals surface area contributed by atoms with Gasteiger partial charge in [0, 0.05) is 18.7 Å². The molecule has 0 spiro atoms. The molecule has 2 rings (SSSR count). The first-order valence-electron chi connectivity index (χ1n) is 7.69. The van der Waals surface area contributed by atoms with Crippen molar-refractivity contribution in [2.24, 2.45) is 5.10 Å². The number of hydrogen-bond donors (Lipinski definition) is 3. The van der Waals surface area contributed by atoms with Gasteiger partial charge in [0.25, 0.3) is 0 Å². The van der Waals surface area contributed by atoms with Gasteiger partial charge in [0.1, 0.15) is 5.75 Å². The minimum Gasteiger partial charge on any atom is -0.434 e. The Balaban J connectivity index is 2.13. The molecular formula is C15H19F2N7O. The van der Waals surface area contributed by atoms with Crippen molar-refractivity contribution >= 4 is 24.1 Å². The molecule has 0 fully saturated rings. The van der Waals surface area contributed by atoms with Gasteiger partial charge in [0.2, 0.25) is 17.8 Å². The molecule has 0 aliphatic carbocycles. The highest BCUT2D eigenvalue weighted by Crippen LogP contribution is 2.18. The molecule has 1 aromatic heterocycles. The van der Waals surface area contributed by atoms with E-state index in [1.165, 1.54) is 12.3 Å². The van der Waals surface area contributed by atoms with Crippen LogP contribution >= 0.6 is 0 Å². The van der Waals surface area contributed by atoms with Crippen molar-refractivity contribution in [3.05, 3.63) is 29.8 Å². The summed E-state index contributed by atoms with van der Waals surface area (Å²) in [5.74, 6) is 1.03. The van der Waals surface area contributed by atoms with E-state index in [9.17, 15) is 8.78 Å². The zero-order chi connectivity index (χ0) is 18.1. The quantitative estimate of drug-likeness (QED) is 0.472. The summed E-state index contributed by atoms with van der Waals surface area (Å²) in [5.41, 5.74) is 3.05. The van der Waals surface area contributed by atoms with Crippen molar-refractivity contribution in [2.75, 3.05) is 29.1 Å². The van der Waals surface area contributed by atoms with E-state index in [0.717, 1.165) is 0 Å². The number of ether oxygens (including phenoxy) is 1. The van der Waals surface area contributed by atoms with Gasteiger partial charge in [-0.25, -0.2) is 5.43 Å². The van der Waals surface area contributed by atoms with E-state index in [1.807, 2.05) is 13.8 Å². The van der Waals surface area contributed by atoms with Crippen LogP contribution in [0.15, 0.2) is 29.4 Å². The number of hydrogen-bond acceptors (Lipinski definition) is 8. The van der Waals surface area contributed by atoms with Gasteiger partial charge < -0.3 is 15.4 Å². The second kappa shape index (κ2) is 9.30. The zero-order valence-corrected chi connectivity index (χ0v) is 13.8. The first kappa shape index (κ1) is 18.3. The van der Waals surface area contributed by atoms with Crippen LogP contribution in [0.2, 0.25) is 0 Å². The molecule has 0 unspecified atom stereocenters. The summed E-state index contributed by atoms with van der Waals surface area (Å²) in [5, 5.41) is 9.95. The minimum absolute atomic E-state index is 0.0281. The third-order valence-corrected chi connectivity index (χ3v) is 2.81. The number of anilines is 3. The summed E-state index contributed by atoms with van der Waals surface area (Å²) in [4.78, 5) is 12.5. The Kier molecular flexibility index (Phi) is 6.81. The first-order chi connectivity index (χ1) is 12.1. The molecule has 25 heavy (non-hydrogen) atoms. The van der Waals surface area contributed by atoms with Gasteiger partial charge >= 0.3 is 6.61 Å². The van der Waals surface area contributed by atoms with Crippen molar-refractivity contribution in [3.8, 4) is 5.75 Å². The summed E-state index contributed by atoms with van der Waals surface area (Å²) in [6, 6.07) is 6.32. The molecule has 0 aliphatic rings. The van der Waals surface area contributed by atoms with E-state index in [0.29, 0.717) is 30.5 Å². The predicted octanol–water partition coefficient (Wildman–Crippen LogP) is 2.78. The van der Waals surface area contributed by atoms with Gasteiger partial charge in [-0.3, -0.25) is 0 Å². The maximum atomic E-state index is 12.4. The number of nitrogens with one attached hydrogen (secondary N) is 3. The van der Waals surface area contributed by atoms with E-state index in [4.69, 9.17) is 0 Å². The topological polar surface area (TPSA) is 96.4 Å². The molecule has 1 heterocycles. The normalized spacial score (nSPS) is 10.9. The fourth-order valence-electron chi connectivity index (χ4n) is 1.85. The third kappa shape index (κ3) is 5.83. The van der Waals surface area contributed by atoms with Gasteiger partial charge in [-0.05, 0) is 26.0 Å². The molecule has 2 aromatic rings. The predicted molar refractivity (Wildman–Crippen MR) is 92.4 cm³/mol. The second-order valence-electron chi connectivity index (χ2n) is 4.65. The highest BCUT2D eigenvalue weighted by molar-refractivity contribution is 5.83. The van der Waals surface area contributed by atoms with Gasteiger partial charge in [0.15, 0.2) is 0 Å². The Labute approximate surface area is 143 Å². The van der Waals surface area contributed by atoms with Crippen LogP contribution in [0.4, 0.5) is 26.6 Å². The summed E-state index contributed by atoms with van der Waals surface area (Å²) in [6.07, 6.45) is 1.35. The van der Waals surface area contributed by atoms with Crippen LogP contribution in [-0.2, 0) is 0 Å². The van der Waals surface area contributed by atoms with Crippen molar-refractivity contribution < 1.29 is 13.5 Å². The Hall–Kier alpha value is -3.04. The fraction of sp³-hybridized carbons (Fsp3) is 0.333. The third-order valence-electron chi connectivity index (χ3n) is 2.81. The monoisotopic (exact) mass is 351 g/mol. The zero-order valence-electron chi connectivity index (χ0n) is 13.8. The van der Waals surface area contributed by atoms with Crippen LogP contribution in [0, 0.1) is 0 Å². The average molecular weight is 351 g/mol. The fourth-order valence-corrected chi connectivity index (χ4v) is 1.85. The molecule has 1 aromatic carbocycles. The van der Waals surface area contributed by atoms with Gasteiger partial charge in [-0.1, -0.05) is 12.1 Å². The van der Waals surface area contributed by atoms with Crippen molar-refractivity contribution in [1.82, 2.24) is 15.0 Å². The lowest BCUT2D eigenvalue weighted by atomic mass is 10.2. The van der Waals surface area contributed by atoms with Crippen LogP contribution in [0.3, 0.4) is 0 Å². The van der Waals surface area contributed by atoms with Crippen molar-refractivity contribution in [2.45, 2.75) is 20.5 Å². The van der Waals surface area contributed by atoms with Gasteiger partial charge in [-0.2, -0.15) is 28.8 Å². The standard InChI is InChI=1S/C15H19F2N7O/c1-3-18-13-21-14(19-4-2)23-15(22-13)24-20-9-10-7-5-6-8-11(10)25-12(16)17/h5-9,12H,3-4H2,1-2H3,(H3,18,19,21,22,23,24)/b20-9+. The summed E-state index contributed by atoms with van der Waals surface area (Å²) in [7, 11) is 0. The minimum atomic E-state index is -2.91. The number of alkyl halides is 2. The summed E-state index contributed by atoms with van der Waals surface area (Å²) < 4.78 is 29.2. The SMILES string of the molecule is CCNc1nc(NCC)nc(N/N=C/c2ccccc2OC(F)F)n1. The van der Waals surface area contributed by atoms with E-state index >= 15 is 0 Å². The largest absolute Gasteiger partial charge is 0.434 e. The van der Waals surface area contributed by atoms with Gasteiger partial charge in [0.05, 0.1) is 6.21 Å². The number of halogens is 2. The molecule has 3 N–H and O–H groups in total. The first-order valence-corrected chi connectivity index (χ1v) is 7.69. The van der Waals surface area contributed by atoms with E-state index in [-0.39, 0.29) is 11.7 Å². The number of aromatic nitrogens is 3. The Bertz CT molecular complexity index is 688. The lowest BCUT2D eigenvalue weighted by Crippen LogP contribution is -2.10.